The van der Waals surface area contributed by atoms with Gasteiger partial charge in [-0.25, -0.2) is 15.0 Å². The Labute approximate surface area is 144 Å². The first-order valence-corrected chi connectivity index (χ1v) is 8.16. The summed E-state index contributed by atoms with van der Waals surface area (Å²) in [6.45, 7) is 0. The smallest absolute Gasteiger partial charge is 0.199 e. The molecule has 118 valence electrons. The van der Waals surface area contributed by atoms with Crippen LogP contribution in [0.1, 0.15) is 0 Å². The molecule has 0 unspecified atom stereocenters. The quantitative estimate of drug-likeness (QED) is 0.476. The topological polar surface area (TPSA) is 43.6 Å². The minimum Gasteiger partial charge on any atom is -0.275 e. The van der Waals surface area contributed by atoms with Gasteiger partial charge in [0, 0.05) is 11.3 Å². The number of aromatic nitrogens is 4. The number of hydrogen-bond donors (Lipinski definition) is 0. The van der Waals surface area contributed by atoms with E-state index in [1.165, 1.54) is 0 Å². The average molecular weight is 322 g/mol. The zero-order chi connectivity index (χ0) is 16.6. The van der Waals surface area contributed by atoms with Gasteiger partial charge in [-0.2, -0.15) is 0 Å². The summed E-state index contributed by atoms with van der Waals surface area (Å²) in [6, 6.07) is 28.2. The standard InChI is InChI=1S/C21H14N4/c1-3-9-15(10-4-1)20-24-19-21(25(20)16-11-5-2-6-12-16)23-18-14-8-7-13-17(18)22-19/h1-14H. The van der Waals surface area contributed by atoms with Crippen molar-refractivity contribution < 1.29 is 0 Å². The van der Waals surface area contributed by atoms with Gasteiger partial charge in [-0.15, -0.1) is 0 Å². The molecular formula is C21H14N4. The fourth-order valence-corrected chi connectivity index (χ4v) is 3.06. The van der Waals surface area contributed by atoms with E-state index in [4.69, 9.17) is 15.0 Å². The largest absolute Gasteiger partial charge is 0.275 e. The number of hydrogen-bond acceptors (Lipinski definition) is 3. The zero-order valence-corrected chi connectivity index (χ0v) is 13.4. The maximum absolute atomic E-state index is 4.84. The third kappa shape index (κ3) is 2.27. The summed E-state index contributed by atoms with van der Waals surface area (Å²) in [5, 5.41) is 0. The molecule has 3 aromatic carbocycles. The SMILES string of the molecule is c1ccc(-c2nc3nc4ccccc4nc3n2-c2ccccc2)cc1. The van der Waals surface area contributed by atoms with Crippen LogP contribution in [0.3, 0.4) is 0 Å². The first-order valence-electron chi connectivity index (χ1n) is 8.16. The summed E-state index contributed by atoms with van der Waals surface area (Å²) >= 11 is 0. The highest BCUT2D eigenvalue weighted by molar-refractivity contribution is 5.86. The van der Waals surface area contributed by atoms with Crippen molar-refractivity contribution in [2.24, 2.45) is 0 Å². The normalized spacial score (nSPS) is 11.2. The molecular weight excluding hydrogens is 308 g/mol. The molecule has 5 rings (SSSR count). The van der Waals surface area contributed by atoms with Crippen LogP contribution in [0.4, 0.5) is 0 Å². The molecule has 0 aliphatic heterocycles. The summed E-state index contributed by atoms with van der Waals surface area (Å²) in [5.74, 6) is 0.845. The Kier molecular flexibility index (Phi) is 3.07. The van der Waals surface area contributed by atoms with Crippen LogP contribution in [0.2, 0.25) is 0 Å². The van der Waals surface area contributed by atoms with Gasteiger partial charge in [-0.05, 0) is 24.3 Å². The molecule has 4 nitrogen and oxygen atoms in total. The van der Waals surface area contributed by atoms with E-state index in [9.17, 15) is 0 Å². The monoisotopic (exact) mass is 322 g/mol. The molecule has 0 amide bonds. The molecule has 4 heteroatoms. The molecule has 2 aromatic heterocycles. The number of nitrogens with zero attached hydrogens (tertiary/aromatic N) is 4. The Morgan fingerprint density at radius 2 is 1.16 bits per heavy atom. The van der Waals surface area contributed by atoms with Gasteiger partial charge in [-0.3, -0.25) is 4.57 Å². The summed E-state index contributed by atoms with van der Waals surface area (Å²) in [4.78, 5) is 14.4. The molecule has 25 heavy (non-hydrogen) atoms. The Bertz CT molecular complexity index is 1180. The maximum atomic E-state index is 4.84. The van der Waals surface area contributed by atoms with E-state index in [0.29, 0.717) is 5.65 Å². The number of benzene rings is 3. The highest BCUT2D eigenvalue weighted by Crippen LogP contribution is 2.27. The fraction of sp³-hybridized carbons (Fsp3) is 0. The molecule has 0 saturated carbocycles. The van der Waals surface area contributed by atoms with Crippen molar-refractivity contribution in [2.75, 3.05) is 0 Å². The van der Waals surface area contributed by atoms with Crippen molar-refractivity contribution in [1.82, 2.24) is 19.5 Å². The molecule has 0 N–H and O–H groups in total. The Morgan fingerprint density at radius 3 is 1.88 bits per heavy atom. The lowest BCUT2D eigenvalue weighted by Gasteiger charge is -2.08. The van der Waals surface area contributed by atoms with Crippen molar-refractivity contribution >= 4 is 22.3 Å². The van der Waals surface area contributed by atoms with Crippen molar-refractivity contribution in [3.05, 3.63) is 84.9 Å². The molecule has 0 saturated heterocycles. The zero-order valence-electron chi connectivity index (χ0n) is 13.4. The lowest BCUT2D eigenvalue weighted by Crippen LogP contribution is -1.98. The average Bonchev–Trinajstić information content (AvgIpc) is 3.06. The van der Waals surface area contributed by atoms with Gasteiger partial charge < -0.3 is 0 Å². The predicted molar refractivity (Wildman–Crippen MR) is 99.6 cm³/mol. The van der Waals surface area contributed by atoms with E-state index in [1.807, 2.05) is 60.7 Å². The van der Waals surface area contributed by atoms with Gasteiger partial charge in [0.05, 0.1) is 11.0 Å². The van der Waals surface area contributed by atoms with Gasteiger partial charge in [-0.1, -0.05) is 60.7 Å². The van der Waals surface area contributed by atoms with Crippen LogP contribution in [0.15, 0.2) is 84.9 Å². The maximum Gasteiger partial charge on any atom is 0.199 e. The molecule has 2 heterocycles. The molecule has 5 aromatic rings. The van der Waals surface area contributed by atoms with Crippen LogP contribution in [-0.4, -0.2) is 19.5 Å². The van der Waals surface area contributed by atoms with E-state index < -0.39 is 0 Å². The van der Waals surface area contributed by atoms with E-state index in [0.717, 1.165) is 33.8 Å². The number of para-hydroxylation sites is 3. The second-order valence-corrected chi connectivity index (χ2v) is 5.83. The molecule has 0 aliphatic carbocycles. The van der Waals surface area contributed by atoms with Crippen LogP contribution in [0.5, 0.6) is 0 Å². The lowest BCUT2D eigenvalue weighted by atomic mass is 10.2. The van der Waals surface area contributed by atoms with Gasteiger partial charge in [0.2, 0.25) is 0 Å². The van der Waals surface area contributed by atoms with Gasteiger partial charge in [0.1, 0.15) is 5.82 Å². The van der Waals surface area contributed by atoms with E-state index in [1.54, 1.807) is 0 Å². The van der Waals surface area contributed by atoms with Crippen molar-refractivity contribution in [2.45, 2.75) is 0 Å². The summed E-state index contributed by atoms with van der Waals surface area (Å²) in [5.41, 5.74) is 5.20. The third-order valence-electron chi connectivity index (χ3n) is 4.22. The minimum absolute atomic E-state index is 0.654. The van der Waals surface area contributed by atoms with E-state index in [-0.39, 0.29) is 0 Å². The van der Waals surface area contributed by atoms with Crippen molar-refractivity contribution in [3.8, 4) is 17.1 Å². The van der Waals surface area contributed by atoms with Gasteiger partial charge >= 0.3 is 0 Å². The van der Waals surface area contributed by atoms with Crippen LogP contribution in [-0.2, 0) is 0 Å². The molecule has 0 aliphatic rings. The van der Waals surface area contributed by atoms with Crippen LogP contribution >= 0.6 is 0 Å². The van der Waals surface area contributed by atoms with Crippen molar-refractivity contribution in [3.63, 3.8) is 0 Å². The molecule has 0 fully saturated rings. The van der Waals surface area contributed by atoms with Crippen molar-refractivity contribution in [1.29, 1.82) is 0 Å². The number of rotatable bonds is 2. The second kappa shape index (κ2) is 5.53. The summed E-state index contributed by atoms with van der Waals surface area (Å²) < 4.78 is 2.07. The van der Waals surface area contributed by atoms with Crippen LogP contribution in [0.25, 0.3) is 39.4 Å². The molecule has 0 bridgehead atoms. The molecule has 0 radical (unpaired) electrons. The second-order valence-electron chi connectivity index (χ2n) is 5.83. The summed E-state index contributed by atoms with van der Waals surface area (Å²) in [7, 11) is 0. The van der Waals surface area contributed by atoms with E-state index in [2.05, 4.69) is 28.8 Å². The Hall–Kier alpha value is -3.53. The first kappa shape index (κ1) is 13.9. The minimum atomic E-state index is 0.654. The van der Waals surface area contributed by atoms with Gasteiger partial charge in [0.15, 0.2) is 11.3 Å². The van der Waals surface area contributed by atoms with E-state index >= 15 is 0 Å². The first-order chi connectivity index (χ1) is 12.4. The third-order valence-corrected chi connectivity index (χ3v) is 4.22. The van der Waals surface area contributed by atoms with Crippen LogP contribution in [0, 0.1) is 0 Å². The molecule has 0 atom stereocenters. The molecule has 0 spiro atoms. The summed E-state index contributed by atoms with van der Waals surface area (Å²) in [6.07, 6.45) is 0. The Balaban J connectivity index is 1.90. The number of imidazole rings is 1. The Morgan fingerprint density at radius 1 is 0.560 bits per heavy atom. The van der Waals surface area contributed by atoms with Gasteiger partial charge in [0.25, 0.3) is 0 Å². The lowest BCUT2D eigenvalue weighted by molar-refractivity contribution is 1.08. The fourth-order valence-electron chi connectivity index (χ4n) is 3.06. The highest BCUT2D eigenvalue weighted by atomic mass is 15.2. The van der Waals surface area contributed by atoms with Crippen LogP contribution < -0.4 is 0 Å². The number of fused-ring (bicyclic) bond motifs is 2. The predicted octanol–water partition coefficient (Wildman–Crippen LogP) is 4.64. The highest BCUT2D eigenvalue weighted by Gasteiger charge is 2.17.